The molecule has 2 aromatic rings. The van der Waals surface area contributed by atoms with Gasteiger partial charge in [-0.2, -0.15) is 0 Å². The van der Waals surface area contributed by atoms with E-state index in [1.807, 2.05) is 0 Å². The largest absolute Gasteiger partial charge is 0.421 e. The summed E-state index contributed by atoms with van der Waals surface area (Å²) in [5, 5.41) is 10.4. The van der Waals surface area contributed by atoms with Gasteiger partial charge in [-0.25, -0.2) is 9.97 Å². The summed E-state index contributed by atoms with van der Waals surface area (Å²) in [7, 11) is 0. The number of hydrogen-bond acceptors (Lipinski definition) is 5. The molecule has 0 atom stereocenters. The Balaban J connectivity index is 2.14. The molecule has 0 aromatic carbocycles. The first-order valence-electron chi connectivity index (χ1n) is 4.45. The Morgan fingerprint density at radius 3 is 2.50 bits per heavy atom. The van der Waals surface area contributed by atoms with E-state index in [9.17, 15) is 10.1 Å². The van der Waals surface area contributed by atoms with E-state index >= 15 is 0 Å². The molecule has 80 valence electrons. The van der Waals surface area contributed by atoms with Crippen LogP contribution in [0, 0.1) is 10.1 Å². The Morgan fingerprint density at radius 2 is 1.94 bits per heavy atom. The second kappa shape index (κ2) is 4.35. The lowest BCUT2D eigenvalue weighted by Crippen LogP contribution is -1.92. The molecule has 0 saturated heterocycles. The first-order valence-corrected chi connectivity index (χ1v) is 4.45. The van der Waals surface area contributed by atoms with Crippen molar-refractivity contribution >= 4 is 5.69 Å². The monoisotopic (exact) mass is 217 g/mol. The van der Waals surface area contributed by atoms with Crippen molar-refractivity contribution in [3.8, 4) is 11.8 Å². The van der Waals surface area contributed by atoms with Gasteiger partial charge >= 0.3 is 0 Å². The Bertz CT molecular complexity index is 484. The zero-order valence-electron chi connectivity index (χ0n) is 8.11. The van der Waals surface area contributed by atoms with Gasteiger partial charge in [0.1, 0.15) is 6.20 Å². The summed E-state index contributed by atoms with van der Waals surface area (Å²) in [5.74, 6) is 0.660. The van der Waals surface area contributed by atoms with Crippen LogP contribution in [0.15, 0.2) is 42.7 Å². The molecule has 0 N–H and O–H groups in total. The highest BCUT2D eigenvalue weighted by atomic mass is 16.6. The van der Waals surface area contributed by atoms with Crippen LogP contribution in [-0.2, 0) is 0 Å². The van der Waals surface area contributed by atoms with Crippen molar-refractivity contribution in [1.29, 1.82) is 0 Å². The lowest BCUT2D eigenvalue weighted by molar-refractivity contribution is -0.385. The minimum absolute atomic E-state index is 0.0756. The number of nitro groups is 1. The van der Waals surface area contributed by atoms with Crippen molar-refractivity contribution in [1.82, 2.24) is 9.97 Å². The fourth-order valence-corrected chi connectivity index (χ4v) is 1.06. The highest BCUT2D eigenvalue weighted by Gasteiger charge is 2.06. The van der Waals surface area contributed by atoms with E-state index in [1.165, 1.54) is 12.1 Å². The van der Waals surface area contributed by atoms with Gasteiger partial charge in [0.15, 0.2) is 0 Å². The van der Waals surface area contributed by atoms with Gasteiger partial charge in [-0.3, -0.25) is 10.1 Å². The lowest BCUT2D eigenvalue weighted by atomic mass is 10.4. The van der Waals surface area contributed by atoms with Crippen LogP contribution in [0.1, 0.15) is 0 Å². The van der Waals surface area contributed by atoms with Crippen LogP contribution in [0.25, 0.3) is 0 Å². The minimum Gasteiger partial charge on any atom is -0.421 e. The number of hydrogen-bond donors (Lipinski definition) is 0. The maximum atomic E-state index is 10.4. The zero-order chi connectivity index (χ0) is 11.4. The SMILES string of the molecule is O=[N+]([O-])c1ccc(Oc2ccccn2)nc1. The van der Waals surface area contributed by atoms with Crippen LogP contribution in [0.5, 0.6) is 11.8 Å². The van der Waals surface area contributed by atoms with Crippen molar-refractivity contribution in [3.05, 3.63) is 52.8 Å². The quantitative estimate of drug-likeness (QED) is 0.581. The molecular weight excluding hydrogens is 210 g/mol. The molecule has 2 rings (SSSR count). The molecule has 0 bridgehead atoms. The molecule has 2 heterocycles. The van der Waals surface area contributed by atoms with Crippen LogP contribution in [0.4, 0.5) is 5.69 Å². The molecule has 0 aliphatic heterocycles. The molecule has 16 heavy (non-hydrogen) atoms. The number of nitrogens with zero attached hydrogens (tertiary/aromatic N) is 3. The summed E-state index contributed by atoms with van der Waals surface area (Å²) in [5.41, 5.74) is -0.0756. The Kier molecular flexibility index (Phi) is 2.73. The maximum absolute atomic E-state index is 10.4. The van der Waals surface area contributed by atoms with Crippen molar-refractivity contribution in [2.45, 2.75) is 0 Å². The average Bonchev–Trinajstić information content (AvgIpc) is 2.31. The van der Waals surface area contributed by atoms with E-state index in [4.69, 9.17) is 4.74 Å². The highest BCUT2D eigenvalue weighted by molar-refractivity contribution is 5.30. The van der Waals surface area contributed by atoms with Crippen molar-refractivity contribution in [2.24, 2.45) is 0 Å². The summed E-state index contributed by atoms with van der Waals surface area (Å²) < 4.78 is 5.27. The van der Waals surface area contributed by atoms with E-state index in [0.29, 0.717) is 5.88 Å². The number of aromatic nitrogens is 2. The summed E-state index contributed by atoms with van der Waals surface area (Å²) >= 11 is 0. The highest BCUT2D eigenvalue weighted by Crippen LogP contribution is 2.18. The lowest BCUT2D eigenvalue weighted by Gasteiger charge is -2.01. The van der Waals surface area contributed by atoms with Gasteiger partial charge in [-0.15, -0.1) is 0 Å². The third-order valence-corrected chi connectivity index (χ3v) is 1.78. The van der Waals surface area contributed by atoms with Gasteiger partial charge < -0.3 is 4.74 Å². The zero-order valence-corrected chi connectivity index (χ0v) is 8.11. The minimum atomic E-state index is -0.516. The summed E-state index contributed by atoms with van der Waals surface area (Å²) in [6.45, 7) is 0. The van der Waals surface area contributed by atoms with Crippen molar-refractivity contribution < 1.29 is 9.66 Å². The predicted molar refractivity (Wildman–Crippen MR) is 55.2 cm³/mol. The molecule has 0 amide bonds. The predicted octanol–water partition coefficient (Wildman–Crippen LogP) is 2.18. The summed E-state index contributed by atoms with van der Waals surface area (Å²) in [6, 6.07) is 7.95. The molecular formula is C10H7N3O3. The summed E-state index contributed by atoms with van der Waals surface area (Å²) in [4.78, 5) is 17.6. The van der Waals surface area contributed by atoms with Crippen LogP contribution in [0.2, 0.25) is 0 Å². The molecule has 0 aliphatic rings. The van der Waals surface area contributed by atoms with E-state index in [2.05, 4.69) is 9.97 Å². The Morgan fingerprint density at radius 1 is 1.12 bits per heavy atom. The second-order valence-electron chi connectivity index (χ2n) is 2.88. The van der Waals surface area contributed by atoms with Crippen molar-refractivity contribution in [3.63, 3.8) is 0 Å². The number of rotatable bonds is 3. The van der Waals surface area contributed by atoms with E-state index in [-0.39, 0.29) is 11.6 Å². The smallest absolute Gasteiger partial charge is 0.287 e. The third kappa shape index (κ3) is 2.30. The van der Waals surface area contributed by atoms with E-state index in [1.54, 1.807) is 24.4 Å². The molecule has 0 fully saturated rings. The van der Waals surface area contributed by atoms with Gasteiger partial charge in [-0.05, 0) is 6.07 Å². The topological polar surface area (TPSA) is 78.2 Å². The van der Waals surface area contributed by atoms with Gasteiger partial charge in [0, 0.05) is 24.4 Å². The molecule has 0 spiro atoms. The molecule has 0 unspecified atom stereocenters. The van der Waals surface area contributed by atoms with Crippen LogP contribution in [-0.4, -0.2) is 14.9 Å². The second-order valence-corrected chi connectivity index (χ2v) is 2.88. The van der Waals surface area contributed by atoms with Crippen LogP contribution in [0.3, 0.4) is 0 Å². The number of ether oxygens (including phenoxy) is 1. The summed E-state index contributed by atoms with van der Waals surface area (Å²) in [6.07, 6.45) is 2.72. The standard InChI is InChI=1S/C10H7N3O3/c14-13(15)8-4-5-10(12-7-8)16-9-3-1-2-6-11-9/h1-7H. The van der Waals surface area contributed by atoms with Crippen LogP contribution < -0.4 is 4.74 Å². The fourth-order valence-electron chi connectivity index (χ4n) is 1.06. The molecule has 2 aromatic heterocycles. The Labute approximate surface area is 90.7 Å². The van der Waals surface area contributed by atoms with Crippen LogP contribution >= 0.6 is 0 Å². The number of pyridine rings is 2. The first kappa shape index (κ1) is 10.0. The van der Waals surface area contributed by atoms with E-state index < -0.39 is 4.92 Å². The van der Waals surface area contributed by atoms with Crippen molar-refractivity contribution in [2.75, 3.05) is 0 Å². The molecule has 6 nitrogen and oxygen atoms in total. The van der Waals surface area contributed by atoms with Gasteiger partial charge in [0.2, 0.25) is 11.8 Å². The van der Waals surface area contributed by atoms with Gasteiger partial charge in [0.25, 0.3) is 5.69 Å². The first-order chi connectivity index (χ1) is 7.75. The fraction of sp³-hybridized carbons (Fsp3) is 0. The maximum Gasteiger partial charge on any atom is 0.287 e. The Hall–Kier alpha value is -2.50. The molecule has 0 saturated carbocycles. The molecule has 6 heteroatoms. The molecule has 0 radical (unpaired) electrons. The van der Waals surface area contributed by atoms with Gasteiger partial charge in [0.05, 0.1) is 4.92 Å². The third-order valence-electron chi connectivity index (χ3n) is 1.78. The van der Waals surface area contributed by atoms with E-state index in [0.717, 1.165) is 6.20 Å². The normalized spacial score (nSPS) is 9.75. The van der Waals surface area contributed by atoms with Gasteiger partial charge in [-0.1, -0.05) is 6.07 Å². The average molecular weight is 217 g/mol. The molecule has 0 aliphatic carbocycles.